The van der Waals surface area contributed by atoms with Gasteiger partial charge in [-0.05, 0) is 25.3 Å². The van der Waals surface area contributed by atoms with Crippen molar-refractivity contribution in [3.05, 3.63) is 34.9 Å². The van der Waals surface area contributed by atoms with Crippen LogP contribution in [-0.4, -0.2) is 26.5 Å². The largest absolute Gasteiger partial charge is 0.312 e. The number of rotatable bonds is 2. The van der Waals surface area contributed by atoms with Gasteiger partial charge in [-0.15, -0.1) is 0 Å². The molecule has 4 rings (SSSR count). The van der Waals surface area contributed by atoms with Gasteiger partial charge < -0.3 is 5.32 Å². The molecule has 0 atom stereocenters. The molecule has 21 heavy (non-hydrogen) atoms. The van der Waals surface area contributed by atoms with Crippen LogP contribution < -0.4 is 5.32 Å². The first-order chi connectivity index (χ1) is 10.3. The number of hydrogen-bond donors (Lipinski definition) is 1. The summed E-state index contributed by atoms with van der Waals surface area (Å²) in [5.74, 6) is 1.94. The van der Waals surface area contributed by atoms with E-state index in [2.05, 4.69) is 15.3 Å². The molecular formula is C16H19N5. The number of nitrogens with zero attached hydrogens (tertiary/aromatic N) is 4. The lowest BCUT2D eigenvalue weighted by Gasteiger charge is -2.29. The van der Waals surface area contributed by atoms with Crippen LogP contribution in [0.2, 0.25) is 0 Å². The topological polar surface area (TPSA) is 63.6 Å². The molecule has 2 aromatic rings. The highest BCUT2D eigenvalue weighted by Gasteiger charge is 2.28. The summed E-state index contributed by atoms with van der Waals surface area (Å²) in [5.41, 5.74) is 4.80. The van der Waals surface area contributed by atoms with Crippen LogP contribution in [0, 0.1) is 6.92 Å². The second kappa shape index (κ2) is 5.15. The molecule has 0 spiro atoms. The number of nitrogens with one attached hydrogen (secondary N) is 1. The van der Waals surface area contributed by atoms with E-state index in [0.717, 1.165) is 25.1 Å². The normalized spacial score (nSPS) is 18.1. The van der Waals surface area contributed by atoms with Crippen molar-refractivity contribution in [1.29, 1.82) is 0 Å². The van der Waals surface area contributed by atoms with Gasteiger partial charge in [0.05, 0.1) is 11.4 Å². The Morgan fingerprint density at radius 2 is 1.90 bits per heavy atom. The van der Waals surface area contributed by atoms with Gasteiger partial charge in [-0.25, -0.2) is 19.9 Å². The Bertz CT molecular complexity index is 661. The molecule has 0 radical (unpaired) electrons. The van der Waals surface area contributed by atoms with Crippen molar-refractivity contribution in [2.75, 3.05) is 6.54 Å². The number of fused-ring (bicyclic) bond motifs is 1. The first-order valence-corrected chi connectivity index (χ1v) is 7.70. The molecule has 0 saturated heterocycles. The molecule has 5 heteroatoms. The zero-order valence-electron chi connectivity index (χ0n) is 12.3. The quantitative estimate of drug-likeness (QED) is 0.914. The Hall–Kier alpha value is -1.88. The van der Waals surface area contributed by atoms with Crippen LogP contribution in [-0.2, 0) is 13.0 Å². The fourth-order valence-corrected chi connectivity index (χ4v) is 3.00. The third kappa shape index (κ3) is 2.31. The zero-order chi connectivity index (χ0) is 14.2. The van der Waals surface area contributed by atoms with Gasteiger partial charge in [0, 0.05) is 43.4 Å². The molecule has 1 saturated carbocycles. The maximum atomic E-state index is 4.83. The highest BCUT2D eigenvalue weighted by molar-refractivity contribution is 5.46. The van der Waals surface area contributed by atoms with Crippen LogP contribution >= 0.6 is 0 Å². The van der Waals surface area contributed by atoms with E-state index in [1.54, 1.807) is 0 Å². The lowest BCUT2D eigenvalue weighted by molar-refractivity contribution is 0.404. The number of aromatic nitrogens is 4. The van der Waals surface area contributed by atoms with Crippen LogP contribution in [0.3, 0.4) is 0 Å². The molecule has 0 unspecified atom stereocenters. The highest BCUT2D eigenvalue weighted by Crippen LogP contribution is 2.38. The van der Waals surface area contributed by atoms with E-state index in [1.165, 1.54) is 36.2 Å². The van der Waals surface area contributed by atoms with Gasteiger partial charge >= 0.3 is 0 Å². The molecule has 1 aliphatic heterocycles. The lowest BCUT2D eigenvalue weighted by Crippen LogP contribution is -2.28. The first-order valence-electron chi connectivity index (χ1n) is 7.70. The van der Waals surface area contributed by atoms with E-state index >= 15 is 0 Å². The average Bonchev–Trinajstić information content (AvgIpc) is 2.46. The molecular weight excluding hydrogens is 262 g/mol. The van der Waals surface area contributed by atoms with E-state index in [0.29, 0.717) is 17.6 Å². The molecule has 5 nitrogen and oxygen atoms in total. The molecule has 1 aliphatic carbocycles. The molecule has 0 bridgehead atoms. The van der Waals surface area contributed by atoms with Crippen LogP contribution in [0.4, 0.5) is 0 Å². The van der Waals surface area contributed by atoms with Gasteiger partial charge in [0.1, 0.15) is 0 Å². The predicted octanol–water partition coefficient (Wildman–Crippen LogP) is 2.16. The summed E-state index contributed by atoms with van der Waals surface area (Å²) in [5, 5.41) is 3.44. The minimum atomic E-state index is 0.603. The van der Waals surface area contributed by atoms with Crippen molar-refractivity contribution < 1.29 is 0 Å². The third-order valence-corrected chi connectivity index (χ3v) is 4.44. The maximum absolute atomic E-state index is 4.83. The van der Waals surface area contributed by atoms with Crippen LogP contribution in [0.1, 0.15) is 47.7 Å². The average molecular weight is 281 g/mol. The van der Waals surface area contributed by atoms with E-state index in [1.807, 2.05) is 19.3 Å². The van der Waals surface area contributed by atoms with Gasteiger partial charge in [-0.3, -0.25) is 0 Å². The van der Waals surface area contributed by atoms with Gasteiger partial charge in [-0.1, -0.05) is 6.42 Å². The van der Waals surface area contributed by atoms with E-state index in [9.17, 15) is 0 Å². The zero-order valence-corrected chi connectivity index (χ0v) is 12.3. The summed E-state index contributed by atoms with van der Waals surface area (Å²) in [7, 11) is 0. The van der Waals surface area contributed by atoms with Gasteiger partial charge in [0.15, 0.2) is 11.6 Å². The minimum absolute atomic E-state index is 0.603. The summed E-state index contributed by atoms with van der Waals surface area (Å²) in [6.07, 6.45) is 8.43. The van der Waals surface area contributed by atoms with Crippen molar-refractivity contribution in [1.82, 2.24) is 25.3 Å². The number of aryl methyl sites for hydroxylation is 1. The molecule has 1 fully saturated rings. The van der Waals surface area contributed by atoms with E-state index < -0.39 is 0 Å². The second-order valence-electron chi connectivity index (χ2n) is 6.00. The lowest BCUT2D eigenvalue weighted by atomic mass is 9.80. The summed E-state index contributed by atoms with van der Waals surface area (Å²) in [4.78, 5) is 18.4. The van der Waals surface area contributed by atoms with Crippen molar-refractivity contribution in [2.24, 2.45) is 0 Å². The van der Waals surface area contributed by atoms with Gasteiger partial charge in [-0.2, -0.15) is 0 Å². The van der Waals surface area contributed by atoms with Gasteiger partial charge in [0.25, 0.3) is 0 Å². The Morgan fingerprint density at radius 3 is 2.62 bits per heavy atom. The monoisotopic (exact) mass is 281 g/mol. The summed E-state index contributed by atoms with van der Waals surface area (Å²) in [6, 6.07) is 0. The molecule has 0 aromatic carbocycles. The Labute approximate surface area is 124 Å². The van der Waals surface area contributed by atoms with Gasteiger partial charge in [0.2, 0.25) is 0 Å². The standard InChI is InChI=1S/C16H19N5/c1-10-7-18-15(19-8-10)16-20-13-5-6-17-9-12(13)14(21-16)11-3-2-4-11/h7-8,11,17H,2-6,9H2,1H3. The molecule has 3 heterocycles. The van der Waals surface area contributed by atoms with Crippen LogP contribution in [0.15, 0.2) is 12.4 Å². The van der Waals surface area contributed by atoms with Crippen molar-refractivity contribution in [2.45, 2.75) is 45.1 Å². The minimum Gasteiger partial charge on any atom is -0.312 e. The Kier molecular flexibility index (Phi) is 3.15. The SMILES string of the molecule is Cc1cnc(-c2nc3c(c(C4CCC4)n2)CNCC3)nc1. The molecule has 2 aromatic heterocycles. The molecule has 2 aliphatic rings. The fraction of sp³-hybridized carbons (Fsp3) is 0.500. The molecule has 108 valence electrons. The fourth-order valence-electron chi connectivity index (χ4n) is 3.00. The Morgan fingerprint density at radius 1 is 1.10 bits per heavy atom. The third-order valence-electron chi connectivity index (χ3n) is 4.44. The molecule has 1 N–H and O–H groups in total. The maximum Gasteiger partial charge on any atom is 0.198 e. The summed E-state index contributed by atoms with van der Waals surface area (Å²) in [6.45, 7) is 3.88. The van der Waals surface area contributed by atoms with Crippen molar-refractivity contribution in [3.63, 3.8) is 0 Å². The number of hydrogen-bond acceptors (Lipinski definition) is 5. The van der Waals surface area contributed by atoms with E-state index in [4.69, 9.17) is 9.97 Å². The second-order valence-corrected chi connectivity index (χ2v) is 6.00. The first kappa shape index (κ1) is 12.8. The summed E-state index contributed by atoms with van der Waals surface area (Å²) < 4.78 is 0. The molecule has 0 amide bonds. The van der Waals surface area contributed by atoms with Crippen LogP contribution in [0.25, 0.3) is 11.6 Å². The Balaban J connectivity index is 1.82. The predicted molar refractivity (Wildman–Crippen MR) is 79.8 cm³/mol. The van der Waals surface area contributed by atoms with Crippen LogP contribution in [0.5, 0.6) is 0 Å². The van der Waals surface area contributed by atoms with Crippen molar-refractivity contribution in [3.8, 4) is 11.6 Å². The highest BCUT2D eigenvalue weighted by atomic mass is 15.0. The summed E-state index contributed by atoms with van der Waals surface area (Å²) >= 11 is 0. The smallest absolute Gasteiger partial charge is 0.198 e. The van der Waals surface area contributed by atoms with Crippen molar-refractivity contribution >= 4 is 0 Å². The van der Waals surface area contributed by atoms with E-state index in [-0.39, 0.29) is 0 Å².